The van der Waals surface area contributed by atoms with Crippen LogP contribution >= 0.6 is 0 Å². The zero-order valence-electron chi connectivity index (χ0n) is 12.0. The van der Waals surface area contributed by atoms with Crippen LogP contribution < -0.4 is 4.74 Å². The van der Waals surface area contributed by atoms with Crippen LogP contribution in [0.1, 0.15) is 24.0 Å². The summed E-state index contributed by atoms with van der Waals surface area (Å²) in [5, 5.41) is 18.5. The van der Waals surface area contributed by atoms with E-state index in [4.69, 9.17) is 10.00 Å². The van der Waals surface area contributed by atoms with E-state index in [0.717, 1.165) is 37.0 Å². The van der Waals surface area contributed by atoms with Crippen molar-refractivity contribution >= 4 is 0 Å². The molecule has 0 saturated carbocycles. The van der Waals surface area contributed by atoms with Crippen LogP contribution in [0.4, 0.5) is 0 Å². The molecule has 1 N–H and O–H groups in total. The summed E-state index contributed by atoms with van der Waals surface area (Å²) < 4.78 is 5.84. The van der Waals surface area contributed by atoms with Gasteiger partial charge in [0.15, 0.2) is 0 Å². The SMILES string of the molecule is N#CC1C=CC(COc2ccc3c(c2)CCC(O)C3)=CC1. The smallest absolute Gasteiger partial charge is 0.120 e. The van der Waals surface area contributed by atoms with Gasteiger partial charge in [0.1, 0.15) is 12.4 Å². The Hall–Kier alpha value is -2.05. The molecule has 0 aromatic heterocycles. The molecule has 108 valence electrons. The van der Waals surface area contributed by atoms with Crippen molar-refractivity contribution in [3.63, 3.8) is 0 Å². The van der Waals surface area contributed by atoms with Gasteiger partial charge in [-0.2, -0.15) is 5.26 Å². The first-order valence-electron chi connectivity index (χ1n) is 7.44. The molecule has 1 aromatic carbocycles. The third-order valence-electron chi connectivity index (χ3n) is 4.13. The molecule has 3 nitrogen and oxygen atoms in total. The Morgan fingerprint density at radius 3 is 3.00 bits per heavy atom. The molecule has 2 aliphatic carbocycles. The van der Waals surface area contributed by atoms with Crippen LogP contribution in [0.15, 0.2) is 42.0 Å². The Morgan fingerprint density at radius 2 is 2.24 bits per heavy atom. The number of ether oxygens (including phenoxy) is 1. The largest absolute Gasteiger partial charge is 0.489 e. The maximum absolute atomic E-state index is 9.67. The van der Waals surface area contributed by atoms with E-state index in [1.165, 1.54) is 11.1 Å². The van der Waals surface area contributed by atoms with Crippen LogP contribution in [-0.2, 0) is 12.8 Å². The number of nitrogens with zero attached hydrogens (tertiary/aromatic N) is 1. The highest BCUT2D eigenvalue weighted by Crippen LogP contribution is 2.26. The molecule has 2 aliphatic rings. The molecule has 2 unspecified atom stereocenters. The molecule has 2 atom stereocenters. The van der Waals surface area contributed by atoms with Crippen molar-refractivity contribution in [2.75, 3.05) is 6.61 Å². The summed E-state index contributed by atoms with van der Waals surface area (Å²) >= 11 is 0. The molecule has 3 rings (SSSR count). The molecule has 3 heteroatoms. The van der Waals surface area contributed by atoms with E-state index in [9.17, 15) is 5.11 Å². The Labute approximate surface area is 125 Å². The fourth-order valence-electron chi connectivity index (χ4n) is 2.84. The van der Waals surface area contributed by atoms with Gasteiger partial charge in [0.25, 0.3) is 0 Å². The van der Waals surface area contributed by atoms with Crippen molar-refractivity contribution in [2.45, 2.75) is 31.8 Å². The average molecular weight is 281 g/mol. The first-order valence-corrected chi connectivity index (χ1v) is 7.44. The lowest BCUT2D eigenvalue weighted by Gasteiger charge is -2.21. The van der Waals surface area contributed by atoms with Gasteiger partial charge < -0.3 is 9.84 Å². The highest BCUT2D eigenvalue weighted by Gasteiger charge is 2.16. The lowest BCUT2D eigenvalue weighted by Crippen LogP contribution is -2.18. The van der Waals surface area contributed by atoms with Gasteiger partial charge in [0.2, 0.25) is 0 Å². The number of hydrogen-bond donors (Lipinski definition) is 1. The van der Waals surface area contributed by atoms with E-state index >= 15 is 0 Å². The fraction of sp³-hybridized carbons (Fsp3) is 0.389. The third-order valence-corrected chi connectivity index (χ3v) is 4.13. The summed E-state index contributed by atoms with van der Waals surface area (Å²) in [7, 11) is 0. The van der Waals surface area contributed by atoms with E-state index in [1.807, 2.05) is 18.2 Å². The van der Waals surface area contributed by atoms with Crippen LogP contribution in [0.3, 0.4) is 0 Å². The van der Waals surface area contributed by atoms with E-state index in [-0.39, 0.29) is 12.0 Å². The second-order valence-corrected chi connectivity index (χ2v) is 5.73. The molecule has 0 saturated heterocycles. The van der Waals surface area contributed by atoms with Crippen LogP contribution in [0.2, 0.25) is 0 Å². The van der Waals surface area contributed by atoms with E-state index < -0.39 is 0 Å². The monoisotopic (exact) mass is 281 g/mol. The van der Waals surface area contributed by atoms with Gasteiger partial charge in [0, 0.05) is 0 Å². The number of aliphatic hydroxyl groups is 1. The minimum atomic E-state index is -0.199. The fourth-order valence-corrected chi connectivity index (χ4v) is 2.84. The average Bonchev–Trinajstić information content (AvgIpc) is 2.53. The van der Waals surface area contributed by atoms with Gasteiger partial charge in [-0.1, -0.05) is 24.3 Å². The highest BCUT2D eigenvalue weighted by molar-refractivity contribution is 5.38. The number of rotatable bonds is 3. The van der Waals surface area contributed by atoms with Gasteiger partial charge >= 0.3 is 0 Å². The highest BCUT2D eigenvalue weighted by atomic mass is 16.5. The van der Waals surface area contributed by atoms with E-state index in [0.29, 0.717) is 6.61 Å². The van der Waals surface area contributed by atoms with Crippen LogP contribution in [-0.4, -0.2) is 17.8 Å². The summed E-state index contributed by atoms with van der Waals surface area (Å²) in [6.45, 7) is 0.538. The normalized spacial score (nSPS) is 23.9. The molecule has 21 heavy (non-hydrogen) atoms. The Kier molecular flexibility index (Phi) is 4.08. The number of nitriles is 1. The first-order chi connectivity index (χ1) is 10.2. The summed E-state index contributed by atoms with van der Waals surface area (Å²) in [5.41, 5.74) is 3.64. The zero-order valence-corrected chi connectivity index (χ0v) is 12.0. The topological polar surface area (TPSA) is 53.2 Å². The van der Waals surface area contributed by atoms with Crippen molar-refractivity contribution in [3.8, 4) is 11.8 Å². The predicted octanol–water partition coefficient (Wildman–Crippen LogP) is 2.94. The lowest BCUT2D eigenvalue weighted by atomic mass is 9.90. The number of allylic oxidation sites excluding steroid dienone is 2. The maximum atomic E-state index is 9.67. The minimum absolute atomic E-state index is 0.00363. The van der Waals surface area contributed by atoms with E-state index in [2.05, 4.69) is 24.3 Å². The molecule has 0 fully saturated rings. The Bertz CT molecular complexity index is 625. The quantitative estimate of drug-likeness (QED) is 0.926. The van der Waals surface area contributed by atoms with Crippen molar-refractivity contribution in [1.29, 1.82) is 5.26 Å². The summed E-state index contributed by atoms with van der Waals surface area (Å²) in [6.07, 6.45) is 9.06. The standard InChI is InChI=1S/C18H19NO2/c19-11-13-1-3-14(4-2-13)12-21-18-8-6-15-9-17(20)7-5-16(15)10-18/h1,3-4,6,8,10,13,17,20H,2,5,7,9,12H2. The third kappa shape index (κ3) is 3.34. The molecule has 0 spiro atoms. The number of aryl methyl sites for hydroxylation is 1. The van der Waals surface area contributed by atoms with E-state index in [1.54, 1.807) is 0 Å². The zero-order chi connectivity index (χ0) is 14.7. The summed E-state index contributed by atoms with van der Waals surface area (Å²) in [4.78, 5) is 0. The summed E-state index contributed by atoms with van der Waals surface area (Å²) in [5.74, 6) is 0.880. The number of aliphatic hydroxyl groups excluding tert-OH is 1. The van der Waals surface area contributed by atoms with Gasteiger partial charge in [0.05, 0.1) is 18.1 Å². The van der Waals surface area contributed by atoms with Crippen molar-refractivity contribution in [2.24, 2.45) is 5.92 Å². The van der Waals surface area contributed by atoms with Crippen LogP contribution in [0, 0.1) is 17.2 Å². The molecular formula is C18H19NO2. The van der Waals surface area contributed by atoms with Crippen LogP contribution in [0.25, 0.3) is 0 Å². The second-order valence-electron chi connectivity index (χ2n) is 5.73. The van der Waals surface area contributed by atoms with Crippen LogP contribution in [0.5, 0.6) is 5.75 Å². The minimum Gasteiger partial charge on any atom is -0.489 e. The lowest BCUT2D eigenvalue weighted by molar-refractivity contribution is 0.158. The molecule has 0 heterocycles. The van der Waals surface area contributed by atoms with Crippen molar-refractivity contribution in [3.05, 3.63) is 53.1 Å². The predicted molar refractivity (Wildman–Crippen MR) is 80.9 cm³/mol. The Balaban J connectivity index is 1.61. The molecule has 0 radical (unpaired) electrons. The van der Waals surface area contributed by atoms with Gasteiger partial charge in [-0.15, -0.1) is 0 Å². The van der Waals surface area contributed by atoms with Gasteiger partial charge in [-0.3, -0.25) is 0 Å². The number of fused-ring (bicyclic) bond motifs is 1. The Morgan fingerprint density at radius 1 is 1.33 bits per heavy atom. The molecule has 0 amide bonds. The summed E-state index contributed by atoms with van der Waals surface area (Å²) in [6, 6.07) is 8.37. The molecule has 0 aliphatic heterocycles. The van der Waals surface area contributed by atoms with Crippen molar-refractivity contribution in [1.82, 2.24) is 0 Å². The second kappa shape index (κ2) is 6.15. The van der Waals surface area contributed by atoms with Crippen molar-refractivity contribution < 1.29 is 9.84 Å². The van der Waals surface area contributed by atoms with Gasteiger partial charge in [-0.05, 0) is 54.5 Å². The molecule has 0 bridgehead atoms. The number of hydrogen-bond acceptors (Lipinski definition) is 3. The van der Waals surface area contributed by atoms with Gasteiger partial charge in [-0.25, -0.2) is 0 Å². The maximum Gasteiger partial charge on any atom is 0.120 e. The number of benzene rings is 1. The molecule has 1 aromatic rings. The first kappa shape index (κ1) is 13.9. The molecular weight excluding hydrogens is 262 g/mol.